The van der Waals surface area contributed by atoms with Gasteiger partial charge in [0, 0.05) is 12.3 Å². The van der Waals surface area contributed by atoms with Crippen LogP contribution in [0.25, 0.3) is 0 Å². The van der Waals surface area contributed by atoms with Crippen molar-refractivity contribution in [2.45, 2.75) is 5.50 Å². The van der Waals surface area contributed by atoms with E-state index < -0.39 is 0 Å². The lowest BCUT2D eigenvalue weighted by Crippen LogP contribution is -2.54. The summed E-state index contributed by atoms with van der Waals surface area (Å²) in [6.45, 7) is 0.890. The molecule has 10 heteroatoms. The predicted molar refractivity (Wildman–Crippen MR) is 88.2 cm³/mol. The molecule has 0 spiro atoms. The molecule has 5 nitrogen and oxygen atoms in total. The van der Waals surface area contributed by atoms with E-state index in [0.29, 0.717) is 10.3 Å². The summed E-state index contributed by atoms with van der Waals surface area (Å²) in [5, 5.41) is 6.49. The van der Waals surface area contributed by atoms with Crippen molar-refractivity contribution in [2.75, 3.05) is 17.3 Å². The van der Waals surface area contributed by atoms with Crippen molar-refractivity contribution in [1.82, 2.24) is 15.3 Å². The van der Waals surface area contributed by atoms with Crippen molar-refractivity contribution >= 4 is 76.1 Å². The normalized spacial score (nSPS) is 18.7. The molecule has 0 radical (unpaired) electrons. The van der Waals surface area contributed by atoms with Crippen LogP contribution in [-0.4, -0.2) is 36.4 Å². The molecule has 0 amide bonds. The molecule has 1 atom stereocenters. The number of thioether (sulfide) groups is 1. The predicted octanol–water partition coefficient (Wildman–Crippen LogP) is 1.75. The zero-order chi connectivity index (χ0) is 13.1. The van der Waals surface area contributed by atoms with Crippen LogP contribution in [0.3, 0.4) is 0 Å². The molecule has 1 aliphatic heterocycles. The summed E-state index contributed by atoms with van der Waals surface area (Å²) in [4.78, 5) is 4.06. The maximum Gasteiger partial charge on any atom is 0.322 e. The Labute approximate surface area is 130 Å². The van der Waals surface area contributed by atoms with Gasteiger partial charge in [-0.1, -0.05) is 24.4 Å². The van der Waals surface area contributed by atoms with Gasteiger partial charge in [0.05, 0.1) is 6.20 Å². The standard InChI is InChI=1S/C8H10N4OS5/c14-7(15)11(5-9-1-3-13-5)12(8(16)17)6-10-2-4-18-6/h1,3,6,10H,2,4H2,(H,14,15)(H,16,17). The number of oxazole rings is 1. The van der Waals surface area contributed by atoms with Crippen molar-refractivity contribution in [3.05, 3.63) is 12.5 Å². The highest BCUT2D eigenvalue weighted by Gasteiger charge is 2.32. The maximum atomic E-state index is 5.25. The molecule has 1 unspecified atom stereocenters. The number of thiol groups is 2. The first-order valence-electron chi connectivity index (χ1n) is 4.91. The largest absolute Gasteiger partial charge is 0.431 e. The molecule has 1 aromatic heterocycles. The molecule has 18 heavy (non-hydrogen) atoms. The summed E-state index contributed by atoms with van der Waals surface area (Å²) in [5.74, 6) is 0.982. The fourth-order valence-electron chi connectivity index (χ4n) is 1.45. The molecule has 0 aliphatic carbocycles. The third kappa shape index (κ3) is 3.11. The van der Waals surface area contributed by atoms with Crippen molar-refractivity contribution in [3.8, 4) is 0 Å². The Balaban J connectivity index is 2.31. The number of nitrogens with one attached hydrogen (secondary N) is 1. The van der Waals surface area contributed by atoms with Gasteiger partial charge in [0.25, 0.3) is 0 Å². The first-order chi connectivity index (χ1) is 8.61. The second kappa shape index (κ2) is 6.44. The first-order valence-corrected chi connectivity index (χ1v) is 7.67. The average Bonchev–Trinajstić information content (AvgIpc) is 2.97. The topological polar surface area (TPSA) is 44.5 Å². The van der Waals surface area contributed by atoms with Gasteiger partial charge in [-0.15, -0.1) is 37.0 Å². The molecule has 0 aromatic carbocycles. The molecule has 98 valence electrons. The monoisotopic (exact) mass is 338 g/mol. The second-order valence-corrected chi connectivity index (χ2v) is 6.63. The van der Waals surface area contributed by atoms with E-state index in [-0.39, 0.29) is 9.82 Å². The van der Waals surface area contributed by atoms with Crippen LogP contribution in [0, 0.1) is 0 Å². The van der Waals surface area contributed by atoms with Crippen LogP contribution in [0.1, 0.15) is 0 Å². The van der Waals surface area contributed by atoms with Crippen LogP contribution in [0.15, 0.2) is 16.9 Å². The minimum absolute atomic E-state index is 0.0630. The molecule has 2 heterocycles. The molecule has 1 aromatic rings. The lowest BCUT2D eigenvalue weighted by Gasteiger charge is -2.36. The van der Waals surface area contributed by atoms with E-state index in [4.69, 9.17) is 28.9 Å². The van der Waals surface area contributed by atoms with E-state index in [1.165, 1.54) is 17.5 Å². The number of thiocarbonyl (C=S) groups is 2. The highest BCUT2D eigenvalue weighted by atomic mass is 32.2. The molecular weight excluding hydrogens is 328 g/mol. The zero-order valence-corrected chi connectivity index (χ0v) is 13.3. The molecule has 1 fully saturated rings. The summed E-state index contributed by atoms with van der Waals surface area (Å²) in [7, 11) is 0. The first kappa shape index (κ1) is 14.4. The van der Waals surface area contributed by atoms with Gasteiger partial charge in [0.2, 0.25) is 0 Å². The van der Waals surface area contributed by atoms with E-state index in [9.17, 15) is 0 Å². The number of hydrogen-bond acceptors (Lipinski definition) is 6. The quantitative estimate of drug-likeness (QED) is 0.428. The van der Waals surface area contributed by atoms with Gasteiger partial charge in [0.1, 0.15) is 11.8 Å². The zero-order valence-electron chi connectivity index (χ0n) is 9.02. The average molecular weight is 339 g/mol. The minimum Gasteiger partial charge on any atom is -0.431 e. The molecule has 2 rings (SSSR count). The fraction of sp³-hybridized carbons (Fsp3) is 0.375. The second-order valence-electron chi connectivity index (χ2n) is 3.21. The van der Waals surface area contributed by atoms with Crippen molar-refractivity contribution in [1.29, 1.82) is 0 Å². The van der Waals surface area contributed by atoms with E-state index in [2.05, 4.69) is 35.6 Å². The van der Waals surface area contributed by atoms with Gasteiger partial charge in [-0.25, -0.2) is 9.99 Å². The highest BCUT2D eigenvalue weighted by molar-refractivity contribution is 8.12. The Kier molecular flexibility index (Phi) is 5.15. The van der Waals surface area contributed by atoms with Crippen LogP contribution in [0.2, 0.25) is 0 Å². The Bertz CT molecular complexity index is 433. The maximum absolute atomic E-state index is 5.25. The van der Waals surface area contributed by atoms with Gasteiger partial charge in [-0.2, -0.15) is 5.01 Å². The smallest absolute Gasteiger partial charge is 0.322 e. The fourth-order valence-corrected chi connectivity index (χ4v) is 3.37. The third-order valence-electron chi connectivity index (χ3n) is 2.11. The lowest BCUT2D eigenvalue weighted by atomic mass is 10.7. The van der Waals surface area contributed by atoms with Gasteiger partial charge in [0.15, 0.2) is 8.64 Å². The molecule has 1 N–H and O–H groups in total. The number of hydrogen-bond donors (Lipinski definition) is 3. The van der Waals surface area contributed by atoms with Crippen LogP contribution < -0.4 is 10.3 Å². The van der Waals surface area contributed by atoms with Gasteiger partial charge in [-0.3, -0.25) is 5.32 Å². The number of nitrogens with zero attached hydrogens (tertiary/aromatic N) is 3. The van der Waals surface area contributed by atoms with Crippen molar-refractivity contribution in [3.63, 3.8) is 0 Å². The van der Waals surface area contributed by atoms with Gasteiger partial charge >= 0.3 is 6.01 Å². The minimum atomic E-state index is -0.0630. The van der Waals surface area contributed by atoms with Crippen molar-refractivity contribution < 1.29 is 4.42 Å². The number of hydrazine groups is 1. The van der Waals surface area contributed by atoms with Crippen molar-refractivity contribution in [2.24, 2.45) is 0 Å². The van der Waals surface area contributed by atoms with Gasteiger partial charge in [-0.05, 0) is 0 Å². The van der Waals surface area contributed by atoms with Gasteiger partial charge < -0.3 is 4.42 Å². The lowest BCUT2D eigenvalue weighted by molar-refractivity contribution is 0.365. The van der Waals surface area contributed by atoms with E-state index in [1.54, 1.807) is 16.8 Å². The third-order valence-corrected chi connectivity index (χ3v) is 3.99. The molecule has 1 saturated heterocycles. The summed E-state index contributed by atoms with van der Waals surface area (Å²) < 4.78 is 5.89. The van der Waals surface area contributed by atoms with Crippen LogP contribution in [0.4, 0.5) is 6.01 Å². The number of aromatic nitrogens is 1. The van der Waals surface area contributed by atoms with Crippen LogP contribution in [-0.2, 0) is 0 Å². The summed E-state index contributed by atoms with van der Waals surface area (Å²) >= 11 is 20.4. The Hall–Kier alpha value is -0.0000000000000000555. The Morgan fingerprint density at radius 3 is 2.72 bits per heavy atom. The molecule has 0 bridgehead atoms. The summed E-state index contributed by atoms with van der Waals surface area (Å²) in [5.41, 5.74) is -0.0630. The van der Waals surface area contributed by atoms with Crippen LogP contribution >= 0.6 is 61.5 Å². The van der Waals surface area contributed by atoms with Crippen LogP contribution in [0.5, 0.6) is 0 Å². The summed E-state index contributed by atoms with van der Waals surface area (Å²) in [6.07, 6.45) is 2.99. The Morgan fingerprint density at radius 1 is 1.50 bits per heavy atom. The highest BCUT2D eigenvalue weighted by Crippen LogP contribution is 2.26. The Morgan fingerprint density at radius 2 is 2.28 bits per heavy atom. The van der Waals surface area contributed by atoms with E-state index >= 15 is 0 Å². The molecule has 0 saturated carbocycles. The van der Waals surface area contributed by atoms with E-state index in [1.807, 2.05) is 0 Å². The molecular formula is C8H10N4OS5. The molecule has 1 aliphatic rings. The van der Waals surface area contributed by atoms with E-state index in [0.717, 1.165) is 12.3 Å². The number of rotatable bonds is 2. The number of anilines is 1. The SMILES string of the molecule is S=C(S)N(c1ncco1)N(C(=S)S)C1NCCS1. The summed E-state index contributed by atoms with van der Waals surface area (Å²) in [6, 6.07) is 0.306.